The summed E-state index contributed by atoms with van der Waals surface area (Å²) in [6.45, 7) is 3.03. The molecule has 23 heavy (non-hydrogen) atoms. The van der Waals surface area contributed by atoms with Crippen LogP contribution in [0.2, 0.25) is 5.02 Å². The molecule has 2 aliphatic rings. The van der Waals surface area contributed by atoms with Crippen LogP contribution in [-0.2, 0) is 11.2 Å². The Bertz CT molecular complexity index is 534. The predicted molar refractivity (Wildman–Crippen MR) is 94.7 cm³/mol. The minimum absolute atomic E-state index is 0.224. The van der Waals surface area contributed by atoms with Crippen molar-refractivity contribution in [2.45, 2.75) is 44.9 Å². The van der Waals surface area contributed by atoms with Crippen LogP contribution in [0.3, 0.4) is 0 Å². The van der Waals surface area contributed by atoms with Crippen LogP contribution < -0.4 is 10.6 Å². The highest BCUT2D eigenvalue weighted by Gasteiger charge is 2.40. The summed E-state index contributed by atoms with van der Waals surface area (Å²) < 4.78 is 0. The number of nitrogens with one attached hydrogen (secondary N) is 2. The number of benzene rings is 1. The van der Waals surface area contributed by atoms with Crippen LogP contribution >= 0.6 is 11.6 Å². The van der Waals surface area contributed by atoms with E-state index in [1.165, 1.54) is 12.0 Å². The Morgan fingerprint density at radius 1 is 1.35 bits per heavy atom. The summed E-state index contributed by atoms with van der Waals surface area (Å²) in [5, 5.41) is 7.37. The van der Waals surface area contributed by atoms with Gasteiger partial charge in [0.05, 0.1) is 5.41 Å². The van der Waals surface area contributed by atoms with Crippen molar-refractivity contribution in [3.05, 3.63) is 34.9 Å². The molecule has 0 spiro atoms. The lowest BCUT2D eigenvalue weighted by atomic mass is 9.79. The summed E-state index contributed by atoms with van der Waals surface area (Å²) in [4.78, 5) is 12.9. The topological polar surface area (TPSA) is 41.1 Å². The highest BCUT2D eigenvalue weighted by Crippen LogP contribution is 2.41. The molecule has 1 amide bonds. The van der Waals surface area contributed by atoms with Crippen LogP contribution in [0.5, 0.6) is 0 Å². The zero-order chi connectivity index (χ0) is 16.1. The van der Waals surface area contributed by atoms with Crippen molar-refractivity contribution in [2.24, 2.45) is 11.3 Å². The van der Waals surface area contributed by atoms with Gasteiger partial charge in [0.1, 0.15) is 0 Å². The molecule has 1 atom stereocenters. The van der Waals surface area contributed by atoms with Crippen molar-refractivity contribution < 1.29 is 4.79 Å². The van der Waals surface area contributed by atoms with Crippen molar-refractivity contribution in [3.63, 3.8) is 0 Å². The predicted octanol–water partition coefficient (Wildman–Crippen LogP) is 3.56. The number of halogens is 1. The average Bonchev–Trinajstić information content (AvgIpc) is 3.19. The van der Waals surface area contributed by atoms with E-state index in [0.717, 1.165) is 69.1 Å². The lowest BCUT2D eigenvalue weighted by molar-refractivity contribution is -0.130. The quantitative estimate of drug-likeness (QED) is 0.835. The molecule has 0 aromatic heterocycles. The molecule has 126 valence electrons. The first-order valence-electron chi connectivity index (χ1n) is 8.91. The number of hydrogen-bond acceptors (Lipinski definition) is 2. The summed E-state index contributed by atoms with van der Waals surface area (Å²) >= 11 is 6.11. The van der Waals surface area contributed by atoms with Gasteiger partial charge < -0.3 is 10.6 Å². The van der Waals surface area contributed by atoms with E-state index in [2.05, 4.69) is 16.7 Å². The van der Waals surface area contributed by atoms with Crippen molar-refractivity contribution in [1.82, 2.24) is 10.6 Å². The first-order valence-corrected chi connectivity index (χ1v) is 9.29. The number of carbonyl (C=O) groups is 1. The van der Waals surface area contributed by atoms with Gasteiger partial charge in [-0.05, 0) is 68.8 Å². The Labute approximate surface area is 144 Å². The summed E-state index contributed by atoms with van der Waals surface area (Å²) in [6.07, 6.45) is 7.44. The largest absolute Gasteiger partial charge is 0.356 e. The highest BCUT2D eigenvalue weighted by molar-refractivity contribution is 6.30. The van der Waals surface area contributed by atoms with Crippen molar-refractivity contribution in [2.75, 3.05) is 19.6 Å². The summed E-state index contributed by atoms with van der Waals surface area (Å²) in [5.41, 5.74) is 0.952. The number of carbonyl (C=O) groups excluding carboxylic acids is 1. The van der Waals surface area contributed by atoms with Gasteiger partial charge in [0.15, 0.2) is 0 Å². The molecule has 1 aliphatic carbocycles. The maximum atomic E-state index is 12.9. The third-order valence-electron chi connectivity index (χ3n) is 5.47. The van der Waals surface area contributed by atoms with Crippen LogP contribution in [0.1, 0.15) is 44.1 Å². The van der Waals surface area contributed by atoms with Gasteiger partial charge >= 0.3 is 0 Å². The Hall–Kier alpha value is -1.06. The third-order valence-corrected chi connectivity index (χ3v) is 5.71. The highest BCUT2D eigenvalue weighted by atomic mass is 35.5. The Morgan fingerprint density at radius 3 is 2.87 bits per heavy atom. The van der Waals surface area contributed by atoms with E-state index >= 15 is 0 Å². The molecule has 2 N–H and O–H groups in total. The first-order chi connectivity index (χ1) is 11.2. The molecule has 3 nitrogen and oxygen atoms in total. The van der Waals surface area contributed by atoms with E-state index < -0.39 is 0 Å². The molecule has 1 heterocycles. The number of rotatable bonds is 6. The van der Waals surface area contributed by atoms with Crippen molar-refractivity contribution in [1.29, 1.82) is 0 Å². The first kappa shape index (κ1) is 16.8. The molecule has 2 fully saturated rings. The fourth-order valence-electron chi connectivity index (χ4n) is 4.11. The maximum Gasteiger partial charge on any atom is 0.226 e. The zero-order valence-electron chi connectivity index (χ0n) is 13.7. The average molecular weight is 335 g/mol. The third kappa shape index (κ3) is 4.27. The molecule has 0 radical (unpaired) electrons. The summed E-state index contributed by atoms with van der Waals surface area (Å²) in [7, 11) is 0. The second kappa shape index (κ2) is 7.67. The van der Waals surface area contributed by atoms with E-state index in [-0.39, 0.29) is 11.3 Å². The summed E-state index contributed by atoms with van der Waals surface area (Å²) in [6, 6.07) is 7.95. The minimum atomic E-state index is -0.224. The molecule has 3 rings (SSSR count). The second-order valence-corrected chi connectivity index (χ2v) is 7.63. The molecule has 1 saturated heterocycles. The lowest BCUT2D eigenvalue weighted by Gasteiger charge is -2.28. The van der Waals surface area contributed by atoms with Crippen molar-refractivity contribution >= 4 is 17.5 Å². The molecular formula is C19H27ClN2O. The molecule has 1 saturated carbocycles. The summed E-state index contributed by atoms with van der Waals surface area (Å²) in [5.74, 6) is 0.976. The SMILES string of the molecule is O=C(NCCC1CCNC1)C1(Cc2cccc(Cl)c2)CCCC1. The van der Waals surface area contributed by atoms with Gasteiger partial charge in [-0.25, -0.2) is 0 Å². The molecule has 1 aromatic carbocycles. The normalized spacial score (nSPS) is 23.1. The Balaban J connectivity index is 1.59. The monoisotopic (exact) mass is 334 g/mol. The van der Waals surface area contributed by atoms with Crippen LogP contribution in [0.4, 0.5) is 0 Å². The van der Waals surface area contributed by atoms with Crippen molar-refractivity contribution in [3.8, 4) is 0 Å². The fourth-order valence-corrected chi connectivity index (χ4v) is 4.32. The zero-order valence-corrected chi connectivity index (χ0v) is 14.5. The fraction of sp³-hybridized carbons (Fsp3) is 0.632. The Morgan fingerprint density at radius 2 is 2.17 bits per heavy atom. The van der Waals surface area contributed by atoms with E-state index in [9.17, 15) is 4.79 Å². The van der Waals surface area contributed by atoms with Crippen LogP contribution in [-0.4, -0.2) is 25.5 Å². The lowest BCUT2D eigenvalue weighted by Crippen LogP contribution is -2.41. The minimum Gasteiger partial charge on any atom is -0.356 e. The van der Waals surface area contributed by atoms with Gasteiger partial charge in [0, 0.05) is 11.6 Å². The second-order valence-electron chi connectivity index (χ2n) is 7.20. The van der Waals surface area contributed by atoms with Crippen LogP contribution in [0, 0.1) is 11.3 Å². The smallest absolute Gasteiger partial charge is 0.226 e. The molecule has 1 aromatic rings. The van der Waals surface area contributed by atoms with Gasteiger partial charge in [-0.1, -0.05) is 36.6 Å². The maximum absolute atomic E-state index is 12.9. The number of amides is 1. The van der Waals surface area contributed by atoms with E-state index in [1.807, 2.05) is 18.2 Å². The molecular weight excluding hydrogens is 308 g/mol. The van der Waals surface area contributed by atoms with Crippen LogP contribution in [0.25, 0.3) is 0 Å². The van der Waals surface area contributed by atoms with Gasteiger partial charge in [0.2, 0.25) is 5.91 Å². The van der Waals surface area contributed by atoms with Crippen LogP contribution in [0.15, 0.2) is 24.3 Å². The standard InChI is InChI=1S/C19H27ClN2O/c20-17-5-3-4-16(12-17)13-19(8-1-2-9-19)18(23)22-11-7-15-6-10-21-14-15/h3-5,12,15,21H,1-2,6-11,13-14H2,(H,22,23). The molecule has 1 aliphatic heterocycles. The van der Waals surface area contributed by atoms with Gasteiger partial charge in [0.25, 0.3) is 0 Å². The molecule has 0 bridgehead atoms. The van der Waals surface area contributed by atoms with E-state index in [4.69, 9.17) is 11.6 Å². The Kier molecular flexibility index (Phi) is 5.60. The van der Waals surface area contributed by atoms with Gasteiger partial charge in [-0.15, -0.1) is 0 Å². The molecule has 4 heteroatoms. The molecule has 1 unspecified atom stereocenters. The van der Waals surface area contributed by atoms with Gasteiger partial charge in [-0.3, -0.25) is 4.79 Å². The van der Waals surface area contributed by atoms with Gasteiger partial charge in [-0.2, -0.15) is 0 Å². The van der Waals surface area contributed by atoms with E-state index in [1.54, 1.807) is 0 Å². The number of hydrogen-bond donors (Lipinski definition) is 2. The van der Waals surface area contributed by atoms with E-state index in [0.29, 0.717) is 0 Å².